The van der Waals surface area contributed by atoms with Crippen LogP contribution in [-0.4, -0.2) is 5.11 Å². The molecule has 0 aliphatic rings. The molecular formula is C10H7Cl2NO2. The maximum Gasteiger partial charge on any atom is 0.205 e. The average Bonchev–Trinajstić information content (AvgIpc) is 2.28. The van der Waals surface area contributed by atoms with Gasteiger partial charge in [-0.3, -0.25) is 0 Å². The van der Waals surface area contributed by atoms with E-state index in [1.54, 1.807) is 24.3 Å². The predicted molar refractivity (Wildman–Crippen MR) is 57.4 cm³/mol. The van der Waals surface area contributed by atoms with Crippen molar-refractivity contribution >= 4 is 23.2 Å². The topological polar surface area (TPSA) is 53.2 Å². The quantitative estimate of drug-likeness (QED) is 0.656. The number of nitriles is 1. The smallest absolute Gasteiger partial charge is 0.205 e. The number of rotatable bonds is 3. The Balaban J connectivity index is 2.89. The summed E-state index contributed by atoms with van der Waals surface area (Å²) >= 11 is 10.9. The monoisotopic (exact) mass is 243 g/mol. The first-order valence-corrected chi connectivity index (χ1v) is 4.80. The third-order valence-electron chi connectivity index (χ3n) is 1.60. The number of ether oxygens (including phenoxy) is 1. The molecule has 1 N–H and O–H groups in total. The van der Waals surface area contributed by atoms with Crippen molar-refractivity contribution in [2.45, 2.75) is 6.10 Å². The molecule has 0 aliphatic heterocycles. The van der Waals surface area contributed by atoms with Gasteiger partial charge in [-0.1, -0.05) is 23.7 Å². The molecule has 5 heteroatoms. The minimum atomic E-state index is -1.17. The van der Waals surface area contributed by atoms with E-state index in [0.29, 0.717) is 11.3 Å². The molecular weight excluding hydrogens is 237 g/mol. The molecule has 1 rings (SSSR count). The second kappa shape index (κ2) is 5.62. The molecule has 0 spiro atoms. The predicted octanol–water partition coefficient (Wildman–Crippen LogP) is 2.90. The standard InChI is InChI=1S/C10H7Cl2NO2/c11-5-10(12)15-8-3-1-2-7(4-8)9(14)6-13/h1-5,9,14H/b10-5+. The van der Waals surface area contributed by atoms with Crippen LogP contribution in [0.4, 0.5) is 0 Å². The summed E-state index contributed by atoms with van der Waals surface area (Å²) in [5, 5.41) is 17.8. The number of halogens is 2. The van der Waals surface area contributed by atoms with Crippen LogP contribution in [0.2, 0.25) is 0 Å². The molecule has 0 saturated heterocycles. The van der Waals surface area contributed by atoms with E-state index in [-0.39, 0.29) is 5.22 Å². The first kappa shape index (κ1) is 11.9. The third-order valence-corrected chi connectivity index (χ3v) is 2.09. The maximum atomic E-state index is 9.25. The van der Waals surface area contributed by atoms with Crippen LogP contribution >= 0.6 is 23.2 Å². The molecule has 0 radical (unpaired) electrons. The van der Waals surface area contributed by atoms with Crippen molar-refractivity contribution in [3.8, 4) is 11.8 Å². The second-order valence-corrected chi connectivity index (χ2v) is 3.21. The molecule has 78 valence electrons. The van der Waals surface area contributed by atoms with Crippen LogP contribution in [0.1, 0.15) is 11.7 Å². The van der Waals surface area contributed by atoms with Gasteiger partial charge >= 0.3 is 0 Å². The van der Waals surface area contributed by atoms with Crippen molar-refractivity contribution in [2.75, 3.05) is 0 Å². The zero-order valence-electron chi connectivity index (χ0n) is 7.52. The van der Waals surface area contributed by atoms with Gasteiger partial charge < -0.3 is 9.84 Å². The fraction of sp³-hybridized carbons (Fsp3) is 0.100. The maximum absolute atomic E-state index is 9.25. The summed E-state index contributed by atoms with van der Waals surface area (Å²) in [7, 11) is 0. The number of aliphatic hydroxyl groups excluding tert-OH is 1. The number of hydrogen-bond donors (Lipinski definition) is 1. The van der Waals surface area contributed by atoms with Gasteiger partial charge in [0.15, 0.2) is 6.10 Å². The normalized spacial score (nSPS) is 13.1. The van der Waals surface area contributed by atoms with Crippen LogP contribution in [-0.2, 0) is 0 Å². The molecule has 0 aliphatic carbocycles. The summed E-state index contributed by atoms with van der Waals surface area (Å²) in [5.74, 6) is 0.406. The van der Waals surface area contributed by atoms with E-state index >= 15 is 0 Å². The van der Waals surface area contributed by atoms with E-state index < -0.39 is 6.10 Å². The van der Waals surface area contributed by atoms with Gasteiger partial charge in [0.1, 0.15) is 5.75 Å². The molecule has 0 heterocycles. The number of aliphatic hydroxyl groups is 1. The van der Waals surface area contributed by atoms with Crippen LogP contribution in [0.5, 0.6) is 5.75 Å². The molecule has 0 saturated carbocycles. The molecule has 1 atom stereocenters. The summed E-state index contributed by atoms with van der Waals surface area (Å²) in [4.78, 5) is 0. The molecule has 0 aromatic heterocycles. The highest BCUT2D eigenvalue weighted by atomic mass is 35.5. The SMILES string of the molecule is N#CC(O)c1cccc(O/C(Cl)=C/Cl)c1. The van der Waals surface area contributed by atoms with Crippen LogP contribution in [0, 0.1) is 11.3 Å². The minimum absolute atomic E-state index is 0.0141. The lowest BCUT2D eigenvalue weighted by molar-refractivity contribution is 0.235. The number of hydrogen-bond acceptors (Lipinski definition) is 3. The summed E-state index contributed by atoms with van der Waals surface area (Å²) in [6.07, 6.45) is -1.17. The zero-order chi connectivity index (χ0) is 11.3. The van der Waals surface area contributed by atoms with E-state index in [1.165, 1.54) is 6.07 Å². The second-order valence-electron chi connectivity index (χ2n) is 2.62. The Morgan fingerprint density at radius 3 is 2.93 bits per heavy atom. The highest BCUT2D eigenvalue weighted by Gasteiger charge is 2.06. The Kier molecular flexibility index (Phi) is 4.44. The largest absolute Gasteiger partial charge is 0.444 e. The average molecular weight is 244 g/mol. The van der Waals surface area contributed by atoms with E-state index in [0.717, 1.165) is 5.54 Å². The first-order chi connectivity index (χ1) is 7.17. The van der Waals surface area contributed by atoms with E-state index in [2.05, 4.69) is 0 Å². The van der Waals surface area contributed by atoms with Gasteiger partial charge in [0.05, 0.1) is 11.6 Å². The van der Waals surface area contributed by atoms with Crippen molar-refractivity contribution in [1.82, 2.24) is 0 Å². The Morgan fingerprint density at radius 2 is 2.33 bits per heavy atom. The lowest BCUT2D eigenvalue weighted by atomic mass is 10.1. The molecule has 0 amide bonds. The van der Waals surface area contributed by atoms with Gasteiger partial charge in [-0.15, -0.1) is 0 Å². The Labute approximate surface area is 97.1 Å². The molecule has 15 heavy (non-hydrogen) atoms. The summed E-state index contributed by atoms with van der Waals surface area (Å²) in [6.45, 7) is 0. The van der Waals surface area contributed by atoms with Crippen molar-refractivity contribution in [3.05, 3.63) is 40.6 Å². The van der Waals surface area contributed by atoms with Gasteiger partial charge in [-0.05, 0) is 29.3 Å². The fourth-order valence-electron chi connectivity index (χ4n) is 0.958. The van der Waals surface area contributed by atoms with Gasteiger partial charge in [0.25, 0.3) is 0 Å². The van der Waals surface area contributed by atoms with Crippen molar-refractivity contribution < 1.29 is 9.84 Å². The summed E-state index contributed by atoms with van der Waals surface area (Å²) in [5.41, 5.74) is 1.52. The van der Waals surface area contributed by atoms with Gasteiger partial charge in [0, 0.05) is 0 Å². The highest BCUT2D eigenvalue weighted by Crippen LogP contribution is 2.21. The first-order valence-electron chi connectivity index (χ1n) is 3.98. The van der Waals surface area contributed by atoms with E-state index in [1.807, 2.05) is 0 Å². The van der Waals surface area contributed by atoms with E-state index in [9.17, 15) is 5.11 Å². The van der Waals surface area contributed by atoms with Crippen molar-refractivity contribution in [2.24, 2.45) is 0 Å². The highest BCUT2D eigenvalue weighted by molar-refractivity contribution is 6.35. The molecule has 0 fully saturated rings. The summed E-state index contributed by atoms with van der Waals surface area (Å²) < 4.78 is 5.07. The molecule has 1 aromatic rings. The van der Waals surface area contributed by atoms with Crippen LogP contribution in [0.3, 0.4) is 0 Å². The Hall–Kier alpha value is -1.21. The minimum Gasteiger partial charge on any atom is -0.444 e. The fourth-order valence-corrected chi connectivity index (χ4v) is 1.09. The van der Waals surface area contributed by atoms with Crippen molar-refractivity contribution in [3.63, 3.8) is 0 Å². The van der Waals surface area contributed by atoms with Crippen LogP contribution < -0.4 is 4.74 Å². The molecule has 1 unspecified atom stereocenters. The molecule has 1 aromatic carbocycles. The van der Waals surface area contributed by atoms with Gasteiger partial charge in [-0.25, -0.2) is 0 Å². The zero-order valence-corrected chi connectivity index (χ0v) is 9.03. The molecule has 0 bridgehead atoms. The number of benzene rings is 1. The Bertz CT molecular complexity index is 412. The molecule has 3 nitrogen and oxygen atoms in total. The van der Waals surface area contributed by atoms with Crippen LogP contribution in [0.25, 0.3) is 0 Å². The Morgan fingerprint density at radius 1 is 1.60 bits per heavy atom. The van der Waals surface area contributed by atoms with Crippen LogP contribution in [0.15, 0.2) is 35.0 Å². The van der Waals surface area contributed by atoms with Gasteiger partial charge in [0.2, 0.25) is 5.22 Å². The number of nitrogens with zero attached hydrogens (tertiary/aromatic N) is 1. The van der Waals surface area contributed by atoms with Crippen molar-refractivity contribution in [1.29, 1.82) is 5.26 Å². The lowest BCUT2D eigenvalue weighted by Crippen LogP contribution is -1.94. The third kappa shape index (κ3) is 3.45. The lowest BCUT2D eigenvalue weighted by Gasteiger charge is -2.06. The summed E-state index contributed by atoms with van der Waals surface area (Å²) in [6, 6.07) is 8.10. The van der Waals surface area contributed by atoms with Gasteiger partial charge in [-0.2, -0.15) is 5.26 Å². The van der Waals surface area contributed by atoms with E-state index in [4.69, 9.17) is 33.2 Å².